The molecule has 1 aromatic rings. The van der Waals surface area contributed by atoms with Gasteiger partial charge in [-0.3, -0.25) is 4.79 Å². The second-order valence-corrected chi connectivity index (χ2v) is 6.68. The third kappa shape index (κ3) is 4.68. The van der Waals surface area contributed by atoms with E-state index in [0.29, 0.717) is 19.4 Å². The van der Waals surface area contributed by atoms with Crippen molar-refractivity contribution in [3.63, 3.8) is 0 Å². The Morgan fingerprint density at radius 2 is 2.14 bits per heavy atom. The monoisotopic (exact) mass is 323 g/mol. The summed E-state index contributed by atoms with van der Waals surface area (Å²) in [5, 5.41) is 12.5. The van der Waals surface area contributed by atoms with Gasteiger partial charge in [-0.15, -0.1) is 0 Å². The third-order valence-electron chi connectivity index (χ3n) is 3.98. The van der Waals surface area contributed by atoms with Crippen molar-refractivity contribution in [1.29, 1.82) is 0 Å². The van der Waals surface area contributed by atoms with Gasteiger partial charge in [0.2, 0.25) is 5.91 Å². The summed E-state index contributed by atoms with van der Waals surface area (Å²) in [5.41, 5.74) is 3.57. The van der Waals surface area contributed by atoms with E-state index in [2.05, 4.69) is 15.3 Å². The number of aromatic nitrogens is 2. The summed E-state index contributed by atoms with van der Waals surface area (Å²) in [5.74, 6) is 1.27. The van der Waals surface area contributed by atoms with E-state index in [1.54, 1.807) is 11.8 Å². The van der Waals surface area contributed by atoms with Crippen LogP contribution in [0.3, 0.4) is 0 Å². The van der Waals surface area contributed by atoms with Crippen LogP contribution in [0.4, 0.5) is 0 Å². The number of hydrogen-bond donors (Lipinski definition) is 2. The molecule has 1 atom stereocenters. The molecule has 0 aliphatic heterocycles. The zero-order valence-electron chi connectivity index (χ0n) is 13.4. The lowest BCUT2D eigenvalue weighted by Gasteiger charge is -2.17. The first kappa shape index (κ1) is 17.2. The Kier molecular flexibility index (Phi) is 6.64. The van der Waals surface area contributed by atoms with Crippen molar-refractivity contribution in [3.8, 4) is 0 Å². The number of rotatable bonds is 7. The fraction of sp³-hybridized carbons (Fsp3) is 0.688. The van der Waals surface area contributed by atoms with Crippen LogP contribution < -0.4 is 5.32 Å². The standard InChI is InChI=1S/C16H25N3O2S/c1-11-12-5-3-4-6-13(12)19-15(18-11)7-9-17-16(21)14(20)8-10-22-2/h14,20H,3-10H2,1-2H3,(H,17,21). The third-order valence-corrected chi connectivity index (χ3v) is 4.63. The summed E-state index contributed by atoms with van der Waals surface area (Å²) >= 11 is 1.62. The van der Waals surface area contributed by atoms with Crippen molar-refractivity contribution in [1.82, 2.24) is 15.3 Å². The van der Waals surface area contributed by atoms with Crippen molar-refractivity contribution >= 4 is 17.7 Å². The Labute approximate surface area is 136 Å². The Morgan fingerprint density at radius 1 is 1.36 bits per heavy atom. The average Bonchev–Trinajstić information content (AvgIpc) is 2.52. The van der Waals surface area contributed by atoms with E-state index in [0.717, 1.165) is 30.1 Å². The average molecular weight is 323 g/mol. The van der Waals surface area contributed by atoms with E-state index in [4.69, 9.17) is 0 Å². The molecule has 1 heterocycles. The topological polar surface area (TPSA) is 75.1 Å². The predicted octanol–water partition coefficient (Wildman–Crippen LogP) is 1.44. The lowest BCUT2D eigenvalue weighted by Crippen LogP contribution is -2.36. The van der Waals surface area contributed by atoms with Crippen LogP contribution in [0.2, 0.25) is 0 Å². The molecule has 1 unspecified atom stereocenters. The van der Waals surface area contributed by atoms with Gasteiger partial charge in [0.1, 0.15) is 11.9 Å². The molecule has 1 aliphatic carbocycles. The molecule has 122 valence electrons. The number of aliphatic hydroxyl groups is 1. The lowest BCUT2D eigenvalue weighted by molar-refractivity contribution is -0.129. The number of aryl methyl sites for hydroxylation is 2. The molecule has 0 saturated carbocycles. The summed E-state index contributed by atoms with van der Waals surface area (Å²) in [4.78, 5) is 20.9. The fourth-order valence-corrected chi connectivity index (χ4v) is 3.19. The minimum atomic E-state index is -0.918. The van der Waals surface area contributed by atoms with Crippen LogP contribution in [0.5, 0.6) is 0 Å². The normalized spacial score (nSPS) is 15.2. The van der Waals surface area contributed by atoms with Gasteiger partial charge < -0.3 is 10.4 Å². The highest BCUT2D eigenvalue weighted by Crippen LogP contribution is 2.21. The summed E-state index contributed by atoms with van der Waals surface area (Å²) < 4.78 is 0. The largest absolute Gasteiger partial charge is 0.383 e. The molecule has 5 nitrogen and oxygen atoms in total. The maximum Gasteiger partial charge on any atom is 0.248 e. The minimum Gasteiger partial charge on any atom is -0.383 e. The SMILES string of the molecule is CSCCC(O)C(=O)NCCc1nc(C)c2c(n1)CCCC2. The molecule has 0 fully saturated rings. The van der Waals surface area contributed by atoms with E-state index in [1.807, 2.05) is 13.2 Å². The molecule has 1 aliphatic rings. The van der Waals surface area contributed by atoms with Crippen LogP contribution in [0.25, 0.3) is 0 Å². The van der Waals surface area contributed by atoms with Gasteiger partial charge in [0.15, 0.2) is 0 Å². The lowest BCUT2D eigenvalue weighted by atomic mass is 9.95. The number of carbonyl (C=O) groups is 1. The zero-order chi connectivity index (χ0) is 15.9. The van der Waals surface area contributed by atoms with E-state index < -0.39 is 6.10 Å². The van der Waals surface area contributed by atoms with Crippen molar-refractivity contribution in [2.45, 2.75) is 51.6 Å². The molecule has 2 N–H and O–H groups in total. The first-order valence-electron chi connectivity index (χ1n) is 7.91. The number of aliphatic hydroxyl groups excluding tert-OH is 1. The Bertz CT molecular complexity index is 522. The molecular weight excluding hydrogens is 298 g/mol. The highest BCUT2D eigenvalue weighted by atomic mass is 32.2. The van der Waals surface area contributed by atoms with E-state index in [-0.39, 0.29) is 5.91 Å². The molecule has 22 heavy (non-hydrogen) atoms. The van der Waals surface area contributed by atoms with Crippen LogP contribution in [0.1, 0.15) is 42.0 Å². The summed E-state index contributed by atoms with van der Waals surface area (Å²) in [6.45, 7) is 2.51. The number of nitrogens with one attached hydrogen (secondary N) is 1. The Morgan fingerprint density at radius 3 is 2.91 bits per heavy atom. The number of carbonyl (C=O) groups excluding carboxylic acids is 1. The number of nitrogens with zero attached hydrogens (tertiary/aromatic N) is 2. The molecule has 1 aromatic heterocycles. The summed E-state index contributed by atoms with van der Waals surface area (Å²) in [6, 6.07) is 0. The predicted molar refractivity (Wildman–Crippen MR) is 89.1 cm³/mol. The first-order valence-corrected chi connectivity index (χ1v) is 9.31. The van der Waals surface area contributed by atoms with Gasteiger partial charge in [-0.2, -0.15) is 11.8 Å². The van der Waals surface area contributed by atoms with Gasteiger partial charge in [0.25, 0.3) is 0 Å². The molecule has 6 heteroatoms. The van der Waals surface area contributed by atoms with Crippen molar-refractivity contribution < 1.29 is 9.90 Å². The minimum absolute atomic E-state index is 0.302. The first-order chi connectivity index (χ1) is 10.6. The molecule has 0 radical (unpaired) electrons. The summed E-state index contributed by atoms with van der Waals surface area (Å²) in [7, 11) is 0. The summed E-state index contributed by atoms with van der Waals surface area (Å²) in [6.07, 6.45) is 6.67. The van der Waals surface area contributed by atoms with Crippen molar-refractivity contribution in [3.05, 3.63) is 22.8 Å². The quantitative estimate of drug-likeness (QED) is 0.794. The van der Waals surface area contributed by atoms with Crippen LogP contribution >= 0.6 is 11.8 Å². The fourth-order valence-electron chi connectivity index (χ4n) is 2.73. The molecule has 0 bridgehead atoms. The smallest absolute Gasteiger partial charge is 0.248 e. The van der Waals surface area contributed by atoms with E-state index in [1.165, 1.54) is 24.1 Å². The van der Waals surface area contributed by atoms with Crippen molar-refractivity contribution in [2.24, 2.45) is 0 Å². The van der Waals surface area contributed by atoms with E-state index >= 15 is 0 Å². The second-order valence-electron chi connectivity index (χ2n) is 5.70. The molecule has 1 amide bonds. The number of fused-ring (bicyclic) bond motifs is 1. The van der Waals surface area contributed by atoms with Crippen LogP contribution in [-0.4, -0.2) is 45.6 Å². The van der Waals surface area contributed by atoms with Crippen LogP contribution in [0, 0.1) is 6.92 Å². The van der Waals surface area contributed by atoms with Crippen LogP contribution in [0.15, 0.2) is 0 Å². The molecule has 0 aromatic carbocycles. The highest BCUT2D eigenvalue weighted by Gasteiger charge is 2.16. The number of amides is 1. The van der Waals surface area contributed by atoms with Gasteiger partial charge in [0, 0.05) is 24.4 Å². The van der Waals surface area contributed by atoms with Gasteiger partial charge in [-0.05, 0) is 56.6 Å². The zero-order valence-corrected chi connectivity index (χ0v) is 14.2. The molecule has 0 saturated heterocycles. The highest BCUT2D eigenvalue weighted by molar-refractivity contribution is 7.98. The molecule has 0 spiro atoms. The maximum atomic E-state index is 11.7. The number of hydrogen-bond acceptors (Lipinski definition) is 5. The number of thioether (sulfide) groups is 1. The molecular formula is C16H25N3O2S. The maximum absolute atomic E-state index is 11.7. The van der Waals surface area contributed by atoms with Crippen LogP contribution in [-0.2, 0) is 24.1 Å². The second kappa shape index (κ2) is 8.48. The van der Waals surface area contributed by atoms with Gasteiger partial charge in [0.05, 0.1) is 0 Å². The Hall–Kier alpha value is -1.14. The van der Waals surface area contributed by atoms with Gasteiger partial charge >= 0.3 is 0 Å². The molecule has 2 rings (SSSR count). The van der Waals surface area contributed by atoms with Gasteiger partial charge in [-0.25, -0.2) is 9.97 Å². The Balaban J connectivity index is 1.84. The van der Waals surface area contributed by atoms with E-state index in [9.17, 15) is 9.90 Å². The van der Waals surface area contributed by atoms with Gasteiger partial charge in [-0.1, -0.05) is 0 Å². The van der Waals surface area contributed by atoms with Crippen molar-refractivity contribution in [2.75, 3.05) is 18.6 Å².